The maximum atomic E-state index is 10.2. The number of aliphatic hydroxyl groups excluding tert-OH is 1. The van der Waals surface area contributed by atoms with Gasteiger partial charge in [0.1, 0.15) is 0 Å². The van der Waals surface area contributed by atoms with Crippen LogP contribution in [-0.4, -0.2) is 23.4 Å². The lowest BCUT2D eigenvalue weighted by atomic mass is 9.68. The third kappa shape index (κ3) is 1.02. The van der Waals surface area contributed by atoms with Gasteiger partial charge < -0.3 is 9.84 Å². The van der Waals surface area contributed by atoms with Crippen LogP contribution in [0.4, 0.5) is 0 Å². The van der Waals surface area contributed by atoms with Gasteiger partial charge in [-0.1, -0.05) is 6.42 Å². The van der Waals surface area contributed by atoms with Crippen molar-refractivity contribution in [1.82, 2.24) is 0 Å². The van der Waals surface area contributed by atoms with Gasteiger partial charge in [-0.2, -0.15) is 0 Å². The van der Waals surface area contributed by atoms with E-state index in [9.17, 15) is 5.11 Å². The standard InChI is InChI=1S/C15H22O2/c16-11-4-5-12-13-9-6-10(14(13)15(11)17-12)8-3-1-2-7(8)9/h7-16H,1-6H2/t7-,8+,9+,10-,11-,12-,13-,14-,15+/m0/s1. The molecule has 2 aliphatic heterocycles. The van der Waals surface area contributed by atoms with Gasteiger partial charge in [0.15, 0.2) is 0 Å². The summed E-state index contributed by atoms with van der Waals surface area (Å²) in [4.78, 5) is 0. The Morgan fingerprint density at radius 2 is 1.59 bits per heavy atom. The fraction of sp³-hybridized carbons (Fsp3) is 1.00. The first-order valence-corrected chi connectivity index (χ1v) is 7.68. The van der Waals surface area contributed by atoms with Crippen molar-refractivity contribution in [2.24, 2.45) is 35.5 Å². The maximum Gasteiger partial charge on any atom is 0.0872 e. The van der Waals surface area contributed by atoms with Crippen LogP contribution in [-0.2, 0) is 4.74 Å². The smallest absolute Gasteiger partial charge is 0.0872 e. The summed E-state index contributed by atoms with van der Waals surface area (Å²) in [6, 6.07) is 0. The van der Waals surface area contributed by atoms with E-state index in [0.717, 1.165) is 48.3 Å². The first-order valence-electron chi connectivity index (χ1n) is 7.68. The second-order valence-corrected chi connectivity index (χ2v) is 7.26. The zero-order chi connectivity index (χ0) is 11.1. The van der Waals surface area contributed by atoms with Gasteiger partial charge in [0, 0.05) is 0 Å². The summed E-state index contributed by atoms with van der Waals surface area (Å²) in [5, 5.41) is 10.2. The molecule has 0 amide bonds. The summed E-state index contributed by atoms with van der Waals surface area (Å²) < 4.78 is 6.17. The zero-order valence-electron chi connectivity index (χ0n) is 10.3. The lowest BCUT2D eigenvalue weighted by Gasteiger charge is -2.36. The fourth-order valence-electron chi connectivity index (χ4n) is 6.68. The van der Waals surface area contributed by atoms with Gasteiger partial charge in [-0.3, -0.25) is 0 Å². The third-order valence-electron chi connectivity index (χ3n) is 6.97. The predicted octanol–water partition coefficient (Wildman–Crippen LogP) is 2.21. The topological polar surface area (TPSA) is 29.5 Å². The molecular weight excluding hydrogens is 212 g/mol. The van der Waals surface area contributed by atoms with Crippen molar-refractivity contribution in [3.8, 4) is 0 Å². The molecule has 1 N–H and O–H groups in total. The Hall–Kier alpha value is -0.0800. The molecule has 0 spiro atoms. The molecule has 3 saturated carbocycles. The van der Waals surface area contributed by atoms with E-state index in [4.69, 9.17) is 4.74 Å². The maximum absolute atomic E-state index is 10.2. The molecule has 5 rings (SSSR count). The van der Waals surface area contributed by atoms with E-state index in [1.54, 1.807) is 0 Å². The molecule has 0 aromatic carbocycles. The summed E-state index contributed by atoms with van der Waals surface area (Å²) in [5.41, 5.74) is 0. The molecule has 5 aliphatic rings. The van der Waals surface area contributed by atoms with Crippen LogP contribution in [0.2, 0.25) is 0 Å². The Bertz CT molecular complexity index is 355. The molecule has 94 valence electrons. The van der Waals surface area contributed by atoms with Crippen molar-refractivity contribution < 1.29 is 9.84 Å². The van der Waals surface area contributed by atoms with Crippen molar-refractivity contribution >= 4 is 0 Å². The lowest BCUT2D eigenvalue weighted by Crippen LogP contribution is -2.39. The highest BCUT2D eigenvalue weighted by molar-refractivity contribution is 5.14. The van der Waals surface area contributed by atoms with Gasteiger partial charge in [-0.05, 0) is 67.6 Å². The van der Waals surface area contributed by atoms with Crippen LogP contribution in [0.15, 0.2) is 0 Å². The van der Waals surface area contributed by atoms with Gasteiger partial charge >= 0.3 is 0 Å². The van der Waals surface area contributed by atoms with Crippen molar-refractivity contribution in [2.75, 3.05) is 0 Å². The van der Waals surface area contributed by atoms with E-state index in [0.29, 0.717) is 6.10 Å². The van der Waals surface area contributed by atoms with E-state index >= 15 is 0 Å². The molecule has 17 heavy (non-hydrogen) atoms. The van der Waals surface area contributed by atoms with Gasteiger partial charge in [-0.25, -0.2) is 0 Å². The van der Waals surface area contributed by atoms with Crippen molar-refractivity contribution in [1.29, 1.82) is 0 Å². The van der Waals surface area contributed by atoms with Crippen LogP contribution >= 0.6 is 0 Å². The first-order chi connectivity index (χ1) is 8.34. The Kier molecular flexibility index (Phi) is 1.78. The van der Waals surface area contributed by atoms with E-state index < -0.39 is 0 Å². The summed E-state index contributed by atoms with van der Waals surface area (Å²) >= 11 is 0. The molecule has 2 heteroatoms. The number of hydrogen-bond acceptors (Lipinski definition) is 2. The molecule has 2 saturated heterocycles. The van der Waals surface area contributed by atoms with Crippen molar-refractivity contribution in [3.63, 3.8) is 0 Å². The van der Waals surface area contributed by atoms with Gasteiger partial charge in [0.05, 0.1) is 18.3 Å². The largest absolute Gasteiger partial charge is 0.390 e. The fourth-order valence-corrected chi connectivity index (χ4v) is 6.68. The highest BCUT2D eigenvalue weighted by Crippen LogP contribution is 2.68. The number of hydrogen-bond donors (Lipinski definition) is 1. The van der Waals surface area contributed by atoms with Gasteiger partial charge in [0.25, 0.3) is 0 Å². The Morgan fingerprint density at radius 1 is 0.824 bits per heavy atom. The van der Waals surface area contributed by atoms with Crippen LogP contribution in [0.5, 0.6) is 0 Å². The van der Waals surface area contributed by atoms with Crippen LogP contribution in [0.1, 0.15) is 38.5 Å². The number of rotatable bonds is 0. The average molecular weight is 234 g/mol. The minimum atomic E-state index is -0.152. The lowest BCUT2D eigenvalue weighted by molar-refractivity contribution is -0.0948. The number of aliphatic hydroxyl groups is 1. The molecule has 0 aromatic rings. The number of fused-ring (bicyclic) bond motifs is 12. The Morgan fingerprint density at radius 3 is 2.41 bits per heavy atom. The molecule has 3 aliphatic carbocycles. The van der Waals surface area contributed by atoms with Crippen LogP contribution < -0.4 is 0 Å². The molecule has 0 unspecified atom stereocenters. The summed E-state index contributed by atoms with van der Waals surface area (Å²) in [6.07, 6.45) is 8.63. The van der Waals surface area contributed by atoms with E-state index in [1.165, 1.54) is 25.7 Å². The van der Waals surface area contributed by atoms with Gasteiger partial charge in [-0.15, -0.1) is 0 Å². The first kappa shape index (κ1) is 9.80. The second-order valence-electron chi connectivity index (χ2n) is 7.26. The van der Waals surface area contributed by atoms with Gasteiger partial charge in [0.2, 0.25) is 0 Å². The predicted molar refractivity (Wildman–Crippen MR) is 63.3 cm³/mol. The second kappa shape index (κ2) is 3.08. The van der Waals surface area contributed by atoms with Crippen LogP contribution in [0.3, 0.4) is 0 Å². The highest BCUT2D eigenvalue weighted by atomic mass is 16.5. The van der Waals surface area contributed by atoms with Crippen molar-refractivity contribution in [2.45, 2.75) is 56.8 Å². The number of ether oxygens (including phenoxy) is 1. The highest BCUT2D eigenvalue weighted by Gasteiger charge is 2.67. The molecule has 4 bridgehead atoms. The monoisotopic (exact) mass is 234 g/mol. The molecule has 5 fully saturated rings. The van der Waals surface area contributed by atoms with E-state index in [2.05, 4.69) is 0 Å². The summed E-state index contributed by atoms with van der Waals surface area (Å²) in [7, 11) is 0. The third-order valence-corrected chi connectivity index (χ3v) is 6.97. The van der Waals surface area contributed by atoms with Crippen LogP contribution in [0.25, 0.3) is 0 Å². The Balaban J connectivity index is 1.56. The molecule has 9 atom stereocenters. The minimum Gasteiger partial charge on any atom is -0.390 e. The summed E-state index contributed by atoms with van der Waals surface area (Å²) in [6.45, 7) is 0. The molecule has 2 nitrogen and oxygen atoms in total. The van der Waals surface area contributed by atoms with E-state index in [1.807, 2.05) is 0 Å². The SMILES string of the molecule is O[C@H]1CC[C@@H]2O[C@H]1[C@H]1[C@H]3C[C@H]([C@H]4CCC[C@H]43)[C@H]12. The molecule has 2 heterocycles. The molecule has 0 radical (unpaired) electrons. The normalized spacial score (nSPS) is 67.2. The quantitative estimate of drug-likeness (QED) is 0.696. The van der Waals surface area contributed by atoms with Crippen LogP contribution in [0, 0.1) is 35.5 Å². The minimum absolute atomic E-state index is 0.152. The molecular formula is C15H22O2. The average Bonchev–Trinajstić information content (AvgIpc) is 3.04. The summed E-state index contributed by atoms with van der Waals surface area (Å²) in [5.74, 6) is 5.51. The van der Waals surface area contributed by atoms with Crippen molar-refractivity contribution in [3.05, 3.63) is 0 Å². The zero-order valence-corrected chi connectivity index (χ0v) is 10.3. The Labute approximate surface area is 103 Å². The molecule has 0 aromatic heterocycles. The van der Waals surface area contributed by atoms with E-state index in [-0.39, 0.29) is 12.2 Å².